The number of H-pyrrole nitrogens is 1. The fourth-order valence-corrected chi connectivity index (χ4v) is 4.72. The Morgan fingerprint density at radius 3 is 2.85 bits per heavy atom. The number of halogens is 1. The molecule has 5 rings (SSSR count). The third kappa shape index (κ3) is 2.79. The number of piperidine rings is 1. The minimum absolute atomic E-state index is 0.226. The molecular formula is C21H24FN5. The molecule has 1 N–H and O–H groups in total. The van der Waals surface area contributed by atoms with E-state index in [4.69, 9.17) is 0 Å². The Labute approximate surface area is 158 Å². The lowest BCUT2D eigenvalue weighted by molar-refractivity contribution is 0.207. The smallest absolute Gasteiger partial charge is 0.151 e. The molecule has 0 aliphatic carbocycles. The molecule has 2 fully saturated rings. The van der Waals surface area contributed by atoms with Crippen LogP contribution in [-0.4, -0.2) is 52.8 Å². The highest BCUT2D eigenvalue weighted by Gasteiger charge is 2.38. The van der Waals surface area contributed by atoms with Crippen LogP contribution in [0.3, 0.4) is 0 Å². The van der Waals surface area contributed by atoms with Gasteiger partial charge in [0.2, 0.25) is 0 Å². The third-order valence-corrected chi connectivity index (χ3v) is 6.24. The molecule has 2 saturated heterocycles. The molecule has 2 aliphatic rings. The van der Waals surface area contributed by atoms with Crippen molar-refractivity contribution < 1.29 is 4.39 Å². The summed E-state index contributed by atoms with van der Waals surface area (Å²) in [7, 11) is 2.20. The van der Waals surface area contributed by atoms with Crippen molar-refractivity contribution in [1.29, 1.82) is 0 Å². The van der Waals surface area contributed by atoms with Crippen LogP contribution in [0.2, 0.25) is 0 Å². The van der Waals surface area contributed by atoms with E-state index in [-0.39, 0.29) is 5.82 Å². The molecular weight excluding hydrogens is 341 g/mol. The largest absolute Gasteiger partial charge is 0.359 e. The summed E-state index contributed by atoms with van der Waals surface area (Å²) in [5.41, 5.74) is 3.69. The number of fused-ring (bicyclic) bond motifs is 2. The Hall–Kier alpha value is -2.47. The van der Waals surface area contributed by atoms with Crippen molar-refractivity contribution in [1.82, 2.24) is 20.1 Å². The number of nitrogens with zero attached hydrogens (tertiary/aromatic N) is 4. The summed E-state index contributed by atoms with van der Waals surface area (Å²) in [4.78, 5) is 7.83. The molecule has 6 heteroatoms. The molecule has 27 heavy (non-hydrogen) atoms. The summed E-state index contributed by atoms with van der Waals surface area (Å²) in [5, 5.41) is 9.73. The zero-order valence-electron chi connectivity index (χ0n) is 15.7. The van der Waals surface area contributed by atoms with Gasteiger partial charge in [-0.05, 0) is 63.0 Å². The van der Waals surface area contributed by atoms with Gasteiger partial charge in [0.25, 0.3) is 0 Å². The van der Waals surface area contributed by atoms with E-state index >= 15 is 0 Å². The van der Waals surface area contributed by atoms with Gasteiger partial charge in [-0.1, -0.05) is 6.07 Å². The van der Waals surface area contributed by atoms with E-state index in [0.717, 1.165) is 47.2 Å². The summed E-state index contributed by atoms with van der Waals surface area (Å²) in [6, 6.07) is 8.35. The number of aromatic nitrogens is 3. The fourth-order valence-electron chi connectivity index (χ4n) is 4.72. The molecule has 3 aromatic rings. The van der Waals surface area contributed by atoms with Crippen LogP contribution in [0, 0.1) is 18.7 Å². The van der Waals surface area contributed by atoms with Gasteiger partial charge in [0.15, 0.2) is 5.82 Å². The lowest BCUT2D eigenvalue weighted by atomic mass is 9.92. The molecule has 0 bridgehead atoms. The van der Waals surface area contributed by atoms with Crippen molar-refractivity contribution in [2.24, 2.45) is 5.92 Å². The molecule has 1 aromatic carbocycles. The second kappa shape index (κ2) is 6.30. The zero-order chi connectivity index (χ0) is 18.5. The van der Waals surface area contributed by atoms with Gasteiger partial charge >= 0.3 is 0 Å². The van der Waals surface area contributed by atoms with Crippen molar-refractivity contribution in [3.8, 4) is 11.3 Å². The highest BCUT2D eigenvalue weighted by molar-refractivity contribution is 5.85. The number of nitrogens with one attached hydrogen (secondary N) is 1. The first kappa shape index (κ1) is 16.7. The molecule has 0 unspecified atom stereocenters. The molecule has 140 valence electrons. The Morgan fingerprint density at radius 2 is 2.00 bits per heavy atom. The summed E-state index contributed by atoms with van der Waals surface area (Å²) in [6.45, 7) is 5.43. The number of hydrogen-bond donors (Lipinski definition) is 1. The van der Waals surface area contributed by atoms with E-state index in [1.165, 1.54) is 25.6 Å². The Balaban J connectivity index is 1.46. The van der Waals surface area contributed by atoms with E-state index in [9.17, 15) is 4.39 Å². The summed E-state index contributed by atoms with van der Waals surface area (Å²) >= 11 is 0. The highest BCUT2D eigenvalue weighted by Crippen LogP contribution is 2.35. The van der Waals surface area contributed by atoms with E-state index in [2.05, 4.69) is 45.0 Å². The average molecular weight is 365 g/mol. The molecule has 2 atom stereocenters. The van der Waals surface area contributed by atoms with Crippen molar-refractivity contribution in [3.63, 3.8) is 0 Å². The summed E-state index contributed by atoms with van der Waals surface area (Å²) in [5.74, 6) is 1.52. The number of hydrogen-bond acceptors (Lipinski definition) is 4. The molecule has 2 aliphatic heterocycles. The van der Waals surface area contributed by atoms with Crippen LogP contribution in [-0.2, 0) is 0 Å². The number of likely N-dealkylation sites (N-methyl/N-ethyl adjacent to an activating group) is 1. The lowest BCUT2D eigenvalue weighted by Gasteiger charge is -2.37. The monoisotopic (exact) mass is 365 g/mol. The maximum Gasteiger partial charge on any atom is 0.151 e. The minimum atomic E-state index is -0.226. The number of aryl methyl sites for hydroxylation is 1. The van der Waals surface area contributed by atoms with Crippen LogP contribution >= 0.6 is 0 Å². The van der Waals surface area contributed by atoms with E-state index in [1.54, 1.807) is 6.07 Å². The van der Waals surface area contributed by atoms with Gasteiger partial charge in [0.05, 0.1) is 5.69 Å². The molecule has 0 amide bonds. The van der Waals surface area contributed by atoms with Gasteiger partial charge in [-0.2, -0.15) is 0 Å². The van der Waals surface area contributed by atoms with Gasteiger partial charge in [-0.3, -0.25) is 0 Å². The number of anilines is 1. The van der Waals surface area contributed by atoms with Crippen LogP contribution < -0.4 is 4.90 Å². The summed E-state index contributed by atoms with van der Waals surface area (Å²) in [6.07, 6.45) is 3.91. The molecule has 0 spiro atoms. The van der Waals surface area contributed by atoms with Crippen LogP contribution in [0.25, 0.3) is 22.2 Å². The number of likely N-dealkylation sites (tertiary alicyclic amines) is 1. The van der Waals surface area contributed by atoms with Crippen molar-refractivity contribution in [2.75, 3.05) is 31.6 Å². The Kier molecular flexibility index (Phi) is 3.90. The fraction of sp³-hybridized carbons (Fsp3) is 0.429. The van der Waals surface area contributed by atoms with Crippen LogP contribution in [0.1, 0.15) is 18.4 Å². The second-order valence-corrected chi connectivity index (χ2v) is 7.99. The first-order chi connectivity index (χ1) is 13.1. The van der Waals surface area contributed by atoms with E-state index in [1.807, 2.05) is 12.1 Å². The van der Waals surface area contributed by atoms with Gasteiger partial charge in [-0.15, -0.1) is 10.2 Å². The van der Waals surface area contributed by atoms with Gasteiger partial charge in [0.1, 0.15) is 5.82 Å². The van der Waals surface area contributed by atoms with Crippen molar-refractivity contribution in [2.45, 2.75) is 25.8 Å². The molecule has 4 heterocycles. The van der Waals surface area contributed by atoms with Crippen molar-refractivity contribution in [3.05, 3.63) is 41.8 Å². The van der Waals surface area contributed by atoms with Gasteiger partial charge in [-0.25, -0.2) is 4.39 Å². The number of benzene rings is 1. The Bertz CT molecular complexity index is 997. The topological polar surface area (TPSA) is 48.1 Å². The number of aromatic amines is 1. The molecule has 5 nitrogen and oxygen atoms in total. The maximum absolute atomic E-state index is 13.7. The van der Waals surface area contributed by atoms with Crippen LogP contribution in [0.5, 0.6) is 0 Å². The SMILES string of the molecule is Cc1cc(N2CC[C@H]3CCN(C)C[C@H]32)nnc1-c1ccc2c(F)c[nH]c2c1. The normalized spacial score (nSPS) is 23.1. The van der Waals surface area contributed by atoms with Gasteiger partial charge in [0, 0.05) is 41.8 Å². The first-order valence-corrected chi connectivity index (χ1v) is 9.66. The average Bonchev–Trinajstić information content (AvgIpc) is 3.25. The predicted molar refractivity (Wildman–Crippen MR) is 105 cm³/mol. The van der Waals surface area contributed by atoms with E-state index < -0.39 is 0 Å². The molecule has 0 saturated carbocycles. The first-order valence-electron chi connectivity index (χ1n) is 9.66. The zero-order valence-corrected chi connectivity index (χ0v) is 15.7. The van der Waals surface area contributed by atoms with E-state index in [0.29, 0.717) is 11.4 Å². The maximum atomic E-state index is 13.7. The highest BCUT2D eigenvalue weighted by atomic mass is 19.1. The standard InChI is InChI=1S/C21H24FN5/c1-13-9-20(27-8-6-14-5-7-26(2)12-19(14)27)24-25-21(13)15-3-4-16-17(22)11-23-18(16)10-15/h3-4,9-11,14,19,23H,5-8,12H2,1-2H3/t14-,19-/m1/s1. The predicted octanol–water partition coefficient (Wildman–Crippen LogP) is 3.60. The Morgan fingerprint density at radius 1 is 1.15 bits per heavy atom. The van der Waals surface area contributed by atoms with Crippen LogP contribution in [0.15, 0.2) is 30.5 Å². The second-order valence-electron chi connectivity index (χ2n) is 7.99. The van der Waals surface area contributed by atoms with Crippen LogP contribution in [0.4, 0.5) is 10.2 Å². The van der Waals surface area contributed by atoms with Gasteiger partial charge < -0.3 is 14.8 Å². The minimum Gasteiger partial charge on any atom is -0.359 e. The molecule has 0 radical (unpaired) electrons. The third-order valence-electron chi connectivity index (χ3n) is 6.24. The number of rotatable bonds is 2. The molecule has 2 aromatic heterocycles. The van der Waals surface area contributed by atoms with Crippen molar-refractivity contribution >= 4 is 16.7 Å². The summed E-state index contributed by atoms with van der Waals surface area (Å²) < 4.78 is 13.7. The lowest BCUT2D eigenvalue weighted by Crippen LogP contribution is -2.47. The quantitative estimate of drug-likeness (QED) is 0.754.